The molecule has 0 saturated carbocycles. The lowest BCUT2D eigenvalue weighted by Gasteiger charge is -2.09. The zero-order valence-electron chi connectivity index (χ0n) is 34.0. The van der Waals surface area contributed by atoms with Crippen molar-refractivity contribution in [2.45, 2.75) is 0 Å². The molecule has 0 fully saturated rings. The van der Waals surface area contributed by atoms with Crippen LogP contribution in [-0.4, -0.2) is 19.5 Å². The summed E-state index contributed by atoms with van der Waals surface area (Å²) in [6, 6.07) is 66.9. The quantitative estimate of drug-likeness (QED) is 0.172. The zero-order chi connectivity index (χ0) is 41.9. The molecule has 14 aromatic rings. The van der Waals surface area contributed by atoms with Crippen LogP contribution in [0.4, 0.5) is 0 Å². The van der Waals surface area contributed by atoms with Gasteiger partial charge in [0.25, 0.3) is 0 Å². The first-order valence-corrected chi connectivity index (χ1v) is 21.3. The van der Waals surface area contributed by atoms with E-state index in [2.05, 4.69) is 114 Å². The average molecular weight is 821 g/mol. The third-order valence-corrected chi connectivity index (χ3v) is 12.7. The summed E-state index contributed by atoms with van der Waals surface area (Å²) >= 11 is 0. The van der Waals surface area contributed by atoms with Crippen molar-refractivity contribution < 1.29 is 13.3 Å². The first-order valence-electron chi connectivity index (χ1n) is 21.3. The van der Waals surface area contributed by atoms with Gasteiger partial charge in [0.15, 0.2) is 23.1 Å². The highest BCUT2D eigenvalue weighted by atomic mass is 16.3. The summed E-state index contributed by atoms with van der Waals surface area (Å²) in [5, 5.41) is 8.54. The van der Waals surface area contributed by atoms with Crippen LogP contribution in [0.5, 0.6) is 0 Å². The highest BCUT2D eigenvalue weighted by molar-refractivity contribution is 6.17. The van der Waals surface area contributed by atoms with Crippen LogP contribution in [0.15, 0.2) is 207 Å². The molecule has 0 N–H and O–H groups in total. The summed E-state index contributed by atoms with van der Waals surface area (Å²) in [5.41, 5.74) is 12.9. The molecule has 5 heterocycles. The summed E-state index contributed by atoms with van der Waals surface area (Å²) in [4.78, 5) is 15.0. The Kier molecular flexibility index (Phi) is 7.27. The molecule has 0 aliphatic heterocycles. The molecule has 0 saturated heterocycles. The molecule has 0 amide bonds. The fraction of sp³-hybridized carbons (Fsp3) is 0. The van der Waals surface area contributed by atoms with Crippen LogP contribution in [0.3, 0.4) is 0 Å². The highest BCUT2D eigenvalue weighted by Gasteiger charge is 2.22. The fourth-order valence-electron chi connectivity index (χ4n) is 9.67. The summed E-state index contributed by atoms with van der Waals surface area (Å²) in [6.45, 7) is 0. The number of fused-ring (bicyclic) bond motifs is 12. The monoisotopic (exact) mass is 820 g/mol. The Balaban J connectivity index is 0.926. The summed E-state index contributed by atoms with van der Waals surface area (Å²) in [6.07, 6.45) is 0. The Morgan fingerprint density at radius 1 is 0.297 bits per heavy atom. The predicted octanol–water partition coefficient (Wildman–Crippen LogP) is 15.3. The van der Waals surface area contributed by atoms with Crippen LogP contribution in [0.25, 0.3) is 139 Å². The molecular weight excluding hydrogens is 789 g/mol. The molecule has 0 radical (unpaired) electrons. The van der Waals surface area contributed by atoms with Gasteiger partial charge in [0.05, 0.1) is 22.3 Å². The Morgan fingerprint density at radius 3 is 1.58 bits per heavy atom. The number of hydrogen-bond acceptors (Lipinski definition) is 6. The maximum atomic E-state index is 7.05. The van der Waals surface area contributed by atoms with Crippen molar-refractivity contribution in [3.05, 3.63) is 194 Å². The van der Waals surface area contributed by atoms with Gasteiger partial charge in [-0.1, -0.05) is 133 Å². The zero-order valence-corrected chi connectivity index (χ0v) is 34.0. The van der Waals surface area contributed by atoms with Gasteiger partial charge in [0.2, 0.25) is 0 Å². The second-order valence-corrected chi connectivity index (χ2v) is 16.3. The number of furan rings is 3. The van der Waals surface area contributed by atoms with Gasteiger partial charge in [-0.05, 0) is 71.8 Å². The lowest BCUT2D eigenvalue weighted by molar-refractivity contribution is 0.664. The Morgan fingerprint density at radius 2 is 0.828 bits per heavy atom. The van der Waals surface area contributed by atoms with Gasteiger partial charge in [0, 0.05) is 54.2 Å². The molecule has 0 aliphatic carbocycles. The number of aromatic nitrogens is 4. The third-order valence-electron chi connectivity index (χ3n) is 12.7. The van der Waals surface area contributed by atoms with E-state index in [9.17, 15) is 0 Å². The molecule has 9 aromatic carbocycles. The van der Waals surface area contributed by atoms with Crippen LogP contribution >= 0.6 is 0 Å². The average Bonchev–Trinajstić information content (AvgIpc) is 4.12. The highest BCUT2D eigenvalue weighted by Crippen LogP contribution is 2.43. The van der Waals surface area contributed by atoms with Crippen LogP contribution in [0.2, 0.25) is 0 Å². The van der Waals surface area contributed by atoms with Gasteiger partial charge in [-0.3, -0.25) is 0 Å². The minimum absolute atomic E-state index is 0.549. The van der Waals surface area contributed by atoms with Crippen LogP contribution in [-0.2, 0) is 0 Å². The third kappa shape index (κ3) is 5.18. The number of para-hydroxylation sites is 4. The van der Waals surface area contributed by atoms with Crippen molar-refractivity contribution in [3.8, 4) is 51.0 Å². The first kappa shape index (κ1) is 34.9. The number of benzene rings is 9. The number of hydrogen-bond donors (Lipinski definition) is 0. The van der Waals surface area contributed by atoms with Crippen molar-refractivity contribution >= 4 is 87.6 Å². The minimum Gasteiger partial charge on any atom is -0.456 e. The van der Waals surface area contributed by atoms with E-state index < -0.39 is 0 Å². The van der Waals surface area contributed by atoms with E-state index in [0.717, 1.165) is 121 Å². The van der Waals surface area contributed by atoms with Gasteiger partial charge >= 0.3 is 0 Å². The number of nitrogens with zero attached hydrogens (tertiary/aromatic N) is 4. The van der Waals surface area contributed by atoms with Crippen LogP contribution in [0.1, 0.15) is 0 Å². The second kappa shape index (κ2) is 13.3. The Labute approximate surface area is 364 Å². The standard InChI is InChI=1S/C57H32N4O3/c1-3-13-33(14-4-1)55-58-56(34-15-5-2-6-16-34)60-57(59-55)41-21-11-19-39-40-20-12-23-48(54(40)64-53(39)41)61-46-22-9-7-17-37(46)42-29-35(25-27-47(42)61)36-26-28-50-43(30-36)45-32-51-44(31-52(45)63-50)38-18-8-10-24-49(38)62-51/h1-32H. The molecule has 0 aliphatic rings. The predicted molar refractivity (Wildman–Crippen MR) is 258 cm³/mol. The van der Waals surface area contributed by atoms with E-state index in [1.165, 1.54) is 0 Å². The summed E-state index contributed by atoms with van der Waals surface area (Å²) < 4.78 is 22.1. The first-order chi connectivity index (χ1) is 31.7. The van der Waals surface area contributed by atoms with Crippen molar-refractivity contribution in [2.24, 2.45) is 0 Å². The fourth-order valence-corrected chi connectivity index (χ4v) is 9.67. The van der Waals surface area contributed by atoms with E-state index in [4.69, 9.17) is 28.2 Å². The maximum Gasteiger partial charge on any atom is 0.167 e. The lowest BCUT2D eigenvalue weighted by atomic mass is 10.0. The topological polar surface area (TPSA) is 83.0 Å². The molecule has 64 heavy (non-hydrogen) atoms. The molecular formula is C57H32N4O3. The molecule has 7 heteroatoms. The molecule has 7 nitrogen and oxygen atoms in total. The Bertz CT molecular complexity index is 4140. The molecule has 14 rings (SSSR count). The molecule has 0 bridgehead atoms. The van der Waals surface area contributed by atoms with Crippen molar-refractivity contribution in [1.29, 1.82) is 0 Å². The number of rotatable bonds is 5. The SMILES string of the molecule is c1ccc(-c2nc(-c3ccccc3)nc(-c3cccc4c3oc3c(-n5c6ccccc6c6cc(-c7ccc8oc9cc%10c(cc9c8c7)oc7ccccc7%10)ccc65)cccc34)n2)cc1. The summed E-state index contributed by atoms with van der Waals surface area (Å²) in [5.74, 6) is 1.75. The van der Waals surface area contributed by atoms with E-state index in [1.54, 1.807) is 0 Å². The molecule has 0 atom stereocenters. The molecule has 298 valence electrons. The van der Waals surface area contributed by atoms with Gasteiger partial charge in [-0.15, -0.1) is 0 Å². The largest absolute Gasteiger partial charge is 0.456 e. The van der Waals surface area contributed by atoms with Gasteiger partial charge < -0.3 is 17.8 Å². The van der Waals surface area contributed by atoms with Gasteiger partial charge in [-0.2, -0.15) is 0 Å². The van der Waals surface area contributed by atoms with Crippen molar-refractivity contribution in [1.82, 2.24) is 19.5 Å². The van der Waals surface area contributed by atoms with Crippen LogP contribution in [0, 0.1) is 0 Å². The van der Waals surface area contributed by atoms with Gasteiger partial charge in [-0.25, -0.2) is 15.0 Å². The van der Waals surface area contributed by atoms with Gasteiger partial charge in [0.1, 0.15) is 27.9 Å². The molecule has 5 aromatic heterocycles. The van der Waals surface area contributed by atoms with E-state index in [-0.39, 0.29) is 0 Å². The summed E-state index contributed by atoms with van der Waals surface area (Å²) in [7, 11) is 0. The van der Waals surface area contributed by atoms with Crippen molar-refractivity contribution in [2.75, 3.05) is 0 Å². The lowest BCUT2D eigenvalue weighted by Crippen LogP contribution is -2.00. The normalized spacial score (nSPS) is 12.1. The van der Waals surface area contributed by atoms with E-state index >= 15 is 0 Å². The van der Waals surface area contributed by atoms with Crippen LogP contribution < -0.4 is 0 Å². The Hall–Kier alpha value is -8.81. The minimum atomic E-state index is 0.549. The smallest absolute Gasteiger partial charge is 0.167 e. The van der Waals surface area contributed by atoms with Crippen molar-refractivity contribution in [3.63, 3.8) is 0 Å². The second-order valence-electron chi connectivity index (χ2n) is 16.3. The molecule has 0 unspecified atom stereocenters. The van der Waals surface area contributed by atoms with E-state index in [0.29, 0.717) is 17.5 Å². The van der Waals surface area contributed by atoms with E-state index in [1.807, 2.05) is 84.9 Å². The molecule has 0 spiro atoms. The maximum absolute atomic E-state index is 7.05.